The Morgan fingerprint density at radius 3 is 2.75 bits per heavy atom. The molecule has 0 aromatic heterocycles. The maximum atomic E-state index is 10.5. The third kappa shape index (κ3) is 4.21. The molecule has 0 unspecified atom stereocenters. The van der Waals surface area contributed by atoms with Gasteiger partial charge in [0.25, 0.3) is 0 Å². The molecule has 1 rings (SSSR count). The SMILES string of the molecule is CCCOCCOc1ccc(C=O)cc1Cl. The second-order valence-corrected chi connectivity index (χ2v) is 3.68. The van der Waals surface area contributed by atoms with Crippen LogP contribution < -0.4 is 4.74 Å². The first-order chi connectivity index (χ1) is 7.77. The molecule has 3 nitrogen and oxygen atoms in total. The minimum atomic E-state index is 0.445. The second-order valence-electron chi connectivity index (χ2n) is 3.27. The zero-order valence-corrected chi connectivity index (χ0v) is 10.00. The summed E-state index contributed by atoms with van der Waals surface area (Å²) in [6, 6.07) is 4.93. The number of aldehydes is 1. The Kier molecular flexibility index (Phi) is 5.90. The van der Waals surface area contributed by atoms with Crippen molar-refractivity contribution >= 4 is 17.9 Å². The molecule has 0 bridgehead atoms. The van der Waals surface area contributed by atoms with E-state index in [1.165, 1.54) is 0 Å². The van der Waals surface area contributed by atoms with Crippen LogP contribution in [0.2, 0.25) is 5.02 Å². The summed E-state index contributed by atoms with van der Waals surface area (Å²) >= 11 is 5.92. The zero-order valence-electron chi connectivity index (χ0n) is 9.24. The zero-order chi connectivity index (χ0) is 11.8. The molecular formula is C12H15ClO3. The average molecular weight is 243 g/mol. The van der Waals surface area contributed by atoms with Gasteiger partial charge in [0.15, 0.2) is 0 Å². The molecule has 0 aliphatic carbocycles. The van der Waals surface area contributed by atoms with Gasteiger partial charge in [-0.05, 0) is 24.6 Å². The van der Waals surface area contributed by atoms with Gasteiger partial charge in [0, 0.05) is 12.2 Å². The lowest BCUT2D eigenvalue weighted by Crippen LogP contribution is -2.07. The van der Waals surface area contributed by atoms with Crippen LogP contribution in [0.3, 0.4) is 0 Å². The van der Waals surface area contributed by atoms with Crippen LogP contribution in [0.15, 0.2) is 18.2 Å². The van der Waals surface area contributed by atoms with Crippen molar-refractivity contribution in [2.24, 2.45) is 0 Å². The van der Waals surface area contributed by atoms with Gasteiger partial charge in [-0.15, -0.1) is 0 Å². The van der Waals surface area contributed by atoms with Crippen LogP contribution in [0.25, 0.3) is 0 Å². The Labute approximate surface area is 100 Å². The van der Waals surface area contributed by atoms with Gasteiger partial charge in [0.1, 0.15) is 18.6 Å². The highest BCUT2D eigenvalue weighted by atomic mass is 35.5. The van der Waals surface area contributed by atoms with E-state index in [-0.39, 0.29) is 0 Å². The van der Waals surface area contributed by atoms with Gasteiger partial charge in [0.05, 0.1) is 11.6 Å². The van der Waals surface area contributed by atoms with Gasteiger partial charge in [-0.25, -0.2) is 0 Å². The maximum Gasteiger partial charge on any atom is 0.150 e. The Morgan fingerprint density at radius 1 is 1.31 bits per heavy atom. The summed E-state index contributed by atoms with van der Waals surface area (Å²) in [7, 11) is 0. The second kappa shape index (κ2) is 7.25. The van der Waals surface area contributed by atoms with Gasteiger partial charge in [-0.1, -0.05) is 18.5 Å². The summed E-state index contributed by atoms with van der Waals surface area (Å²) in [5, 5.41) is 0.445. The molecule has 4 heteroatoms. The Bertz CT molecular complexity index is 339. The van der Waals surface area contributed by atoms with Crippen molar-refractivity contribution in [3.63, 3.8) is 0 Å². The minimum absolute atomic E-state index is 0.445. The van der Waals surface area contributed by atoms with Crippen molar-refractivity contribution in [1.82, 2.24) is 0 Å². The van der Waals surface area contributed by atoms with Gasteiger partial charge in [0.2, 0.25) is 0 Å². The van der Waals surface area contributed by atoms with Gasteiger partial charge < -0.3 is 9.47 Å². The monoisotopic (exact) mass is 242 g/mol. The fourth-order valence-electron chi connectivity index (χ4n) is 1.16. The average Bonchev–Trinajstić information content (AvgIpc) is 2.30. The molecule has 0 heterocycles. The van der Waals surface area contributed by atoms with Crippen molar-refractivity contribution in [2.45, 2.75) is 13.3 Å². The fraction of sp³-hybridized carbons (Fsp3) is 0.417. The van der Waals surface area contributed by atoms with Crippen LogP contribution >= 0.6 is 11.6 Å². The van der Waals surface area contributed by atoms with Crippen molar-refractivity contribution in [3.05, 3.63) is 28.8 Å². The number of halogens is 1. The summed E-state index contributed by atoms with van der Waals surface area (Å²) in [6.07, 6.45) is 1.74. The Balaban J connectivity index is 2.39. The number of ether oxygens (including phenoxy) is 2. The number of rotatable bonds is 7. The molecule has 0 amide bonds. The molecular weight excluding hydrogens is 228 g/mol. The largest absolute Gasteiger partial charge is 0.490 e. The summed E-state index contributed by atoms with van der Waals surface area (Å²) < 4.78 is 10.7. The molecule has 0 spiro atoms. The standard InChI is InChI=1S/C12H15ClO3/c1-2-5-15-6-7-16-12-4-3-10(9-14)8-11(12)13/h3-4,8-9H,2,5-7H2,1H3. The van der Waals surface area contributed by atoms with E-state index in [4.69, 9.17) is 21.1 Å². The quantitative estimate of drug-likeness (QED) is 0.545. The molecule has 0 radical (unpaired) electrons. The first kappa shape index (κ1) is 13.0. The molecule has 1 aromatic carbocycles. The number of hydrogen-bond acceptors (Lipinski definition) is 3. The van der Waals surface area contributed by atoms with Crippen molar-refractivity contribution in [2.75, 3.05) is 19.8 Å². The topological polar surface area (TPSA) is 35.5 Å². The molecule has 16 heavy (non-hydrogen) atoms. The Hall–Kier alpha value is -1.06. The number of benzene rings is 1. The Morgan fingerprint density at radius 2 is 2.12 bits per heavy atom. The van der Waals surface area contributed by atoms with E-state index in [1.54, 1.807) is 18.2 Å². The molecule has 1 aromatic rings. The predicted octanol–water partition coefficient (Wildman–Crippen LogP) is 2.96. The molecule has 0 aliphatic heterocycles. The van der Waals surface area contributed by atoms with Crippen molar-refractivity contribution < 1.29 is 14.3 Å². The van der Waals surface area contributed by atoms with Crippen LogP contribution in [0.4, 0.5) is 0 Å². The van der Waals surface area contributed by atoms with Crippen molar-refractivity contribution in [3.8, 4) is 5.75 Å². The van der Waals surface area contributed by atoms with Gasteiger partial charge in [-0.3, -0.25) is 4.79 Å². The number of carbonyl (C=O) groups excluding carboxylic acids is 1. The lowest BCUT2D eigenvalue weighted by Gasteiger charge is -2.08. The summed E-state index contributed by atoms with van der Waals surface area (Å²) in [5.74, 6) is 0.576. The van der Waals surface area contributed by atoms with E-state index in [0.717, 1.165) is 19.3 Å². The molecule has 0 saturated heterocycles. The van der Waals surface area contributed by atoms with Crippen molar-refractivity contribution in [1.29, 1.82) is 0 Å². The maximum absolute atomic E-state index is 10.5. The normalized spacial score (nSPS) is 10.1. The minimum Gasteiger partial charge on any atom is -0.490 e. The molecule has 88 valence electrons. The lowest BCUT2D eigenvalue weighted by molar-refractivity contribution is 0.101. The molecule has 0 N–H and O–H groups in total. The van der Waals surface area contributed by atoms with E-state index in [2.05, 4.69) is 6.92 Å². The molecule has 0 atom stereocenters. The van der Waals surface area contributed by atoms with E-state index >= 15 is 0 Å². The van der Waals surface area contributed by atoms with E-state index in [9.17, 15) is 4.79 Å². The van der Waals surface area contributed by atoms with E-state index in [0.29, 0.717) is 29.5 Å². The third-order valence-electron chi connectivity index (χ3n) is 1.93. The number of carbonyl (C=O) groups is 1. The fourth-order valence-corrected chi connectivity index (χ4v) is 1.41. The van der Waals surface area contributed by atoms with Crippen LogP contribution in [0.1, 0.15) is 23.7 Å². The molecule has 0 saturated carbocycles. The first-order valence-electron chi connectivity index (χ1n) is 5.23. The third-order valence-corrected chi connectivity index (χ3v) is 2.22. The smallest absolute Gasteiger partial charge is 0.150 e. The van der Waals surface area contributed by atoms with E-state index in [1.807, 2.05) is 0 Å². The van der Waals surface area contributed by atoms with Gasteiger partial charge in [-0.2, -0.15) is 0 Å². The highest BCUT2D eigenvalue weighted by molar-refractivity contribution is 6.32. The highest BCUT2D eigenvalue weighted by Crippen LogP contribution is 2.24. The van der Waals surface area contributed by atoms with Gasteiger partial charge >= 0.3 is 0 Å². The summed E-state index contributed by atoms with van der Waals surface area (Å²) in [5.41, 5.74) is 0.541. The summed E-state index contributed by atoms with van der Waals surface area (Å²) in [4.78, 5) is 10.5. The predicted molar refractivity (Wildman–Crippen MR) is 63.4 cm³/mol. The molecule has 0 aliphatic rings. The lowest BCUT2D eigenvalue weighted by atomic mass is 10.2. The molecule has 0 fully saturated rings. The van der Waals surface area contributed by atoms with Crippen LogP contribution in [0, 0.1) is 0 Å². The number of hydrogen-bond donors (Lipinski definition) is 0. The highest BCUT2D eigenvalue weighted by Gasteiger charge is 2.02. The van der Waals surface area contributed by atoms with Crippen LogP contribution in [-0.4, -0.2) is 26.1 Å². The summed E-state index contributed by atoms with van der Waals surface area (Å²) in [6.45, 7) is 3.79. The first-order valence-corrected chi connectivity index (χ1v) is 5.61. The van der Waals surface area contributed by atoms with Crippen LogP contribution in [-0.2, 0) is 4.74 Å². The van der Waals surface area contributed by atoms with E-state index < -0.39 is 0 Å². The van der Waals surface area contributed by atoms with Crippen LogP contribution in [0.5, 0.6) is 5.75 Å².